The first kappa shape index (κ1) is 20.5. The second kappa shape index (κ2) is 9.54. The summed E-state index contributed by atoms with van der Waals surface area (Å²) < 4.78 is 2.37. The lowest BCUT2D eigenvalue weighted by Gasteiger charge is -2.27. The normalized spacial score (nSPS) is 12.3. The Hall–Kier alpha value is -0.460. The van der Waals surface area contributed by atoms with Crippen molar-refractivity contribution in [3.63, 3.8) is 0 Å². The summed E-state index contributed by atoms with van der Waals surface area (Å²) in [7, 11) is 0. The molecular formula is C15H32N2O3S. The summed E-state index contributed by atoms with van der Waals surface area (Å²) >= 11 is 3.83. The number of aliphatic hydroxyl groups excluding tert-OH is 2. The topological polar surface area (TPSA) is 72.8 Å². The van der Waals surface area contributed by atoms with Crippen LogP contribution in [0.15, 0.2) is 0 Å². The van der Waals surface area contributed by atoms with E-state index in [0.29, 0.717) is 13.1 Å². The zero-order valence-corrected chi connectivity index (χ0v) is 14.7. The van der Waals surface area contributed by atoms with E-state index in [1.165, 1.54) is 0 Å². The smallest absolute Gasteiger partial charge is 0.327 e. The van der Waals surface area contributed by atoms with Crippen molar-refractivity contribution in [2.45, 2.75) is 53.4 Å². The third-order valence-electron chi connectivity index (χ3n) is 3.80. The van der Waals surface area contributed by atoms with Gasteiger partial charge >= 0.3 is 6.03 Å². The Morgan fingerprint density at radius 3 is 1.67 bits per heavy atom. The van der Waals surface area contributed by atoms with Gasteiger partial charge in [0.25, 0.3) is 0 Å². The van der Waals surface area contributed by atoms with Crippen LogP contribution in [0.1, 0.15) is 53.4 Å². The Morgan fingerprint density at radius 1 is 1.00 bits per heavy atom. The van der Waals surface area contributed by atoms with Crippen LogP contribution in [0.25, 0.3) is 0 Å². The highest BCUT2D eigenvalue weighted by Crippen LogP contribution is 2.23. The van der Waals surface area contributed by atoms with E-state index in [4.69, 9.17) is 0 Å². The number of nitrogens with zero attached hydrogens (tertiary/aromatic N) is 1. The highest BCUT2D eigenvalue weighted by atomic mass is 32.1. The molecule has 0 saturated carbocycles. The monoisotopic (exact) mass is 320 g/mol. The minimum Gasteiger partial charge on any atom is -0.396 e. The van der Waals surface area contributed by atoms with Crippen LogP contribution in [0, 0.1) is 10.8 Å². The van der Waals surface area contributed by atoms with Gasteiger partial charge in [0.2, 0.25) is 0 Å². The molecule has 0 rings (SSSR count). The first-order valence-electron chi connectivity index (χ1n) is 7.58. The van der Waals surface area contributed by atoms with E-state index in [1.807, 2.05) is 27.7 Å². The third kappa shape index (κ3) is 9.22. The molecule has 0 fully saturated rings. The molecule has 3 N–H and O–H groups in total. The molecule has 0 radical (unpaired) electrons. The molecule has 0 aromatic heterocycles. The van der Waals surface area contributed by atoms with E-state index in [1.54, 1.807) is 4.90 Å². The van der Waals surface area contributed by atoms with Gasteiger partial charge in [-0.3, -0.25) is 4.72 Å². The van der Waals surface area contributed by atoms with Crippen molar-refractivity contribution in [1.82, 2.24) is 9.62 Å². The number of urea groups is 1. The number of hydrogen-bond donors (Lipinski definition) is 4. The average molecular weight is 320 g/mol. The SMILES string of the molecule is CC(C)(CO)CCCN(CCCC(C)(C)CO)C(=O)NS. The molecule has 6 heteroatoms. The molecule has 0 aliphatic rings. The van der Waals surface area contributed by atoms with Crippen molar-refractivity contribution < 1.29 is 15.0 Å². The summed E-state index contributed by atoms with van der Waals surface area (Å²) in [6.45, 7) is 9.65. The maximum atomic E-state index is 11.8. The largest absolute Gasteiger partial charge is 0.396 e. The molecule has 2 amide bonds. The van der Waals surface area contributed by atoms with Crippen LogP contribution < -0.4 is 4.72 Å². The van der Waals surface area contributed by atoms with Gasteiger partial charge in [-0.25, -0.2) is 4.79 Å². The van der Waals surface area contributed by atoms with E-state index < -0.39 is 0 Å². The highest BCUT2D eigenvalue weighted by Gasteiger charge is 2.20. The van der Waals surface area contributed by atoms with Crippen molar-refractivity contribution in [3.8, 4) is 0 Å². The first-order valence-corrected chi connectivity index (χ1v) is 8.03. The zero-order valence-electron chi connectivity index (χ0n) is 13.9. The van der Waals surface area contributed by atoms with Crippen LogP contribution in [0.5, 0.6) is 0 Å². The standard InChI is InChI=1S/C15H32N2O3S/c1-14(2,11-18)7-5-9-17(13(20)16-21)10-6-8-15(3,4)12-19/h18-19,21H,5-12H2,1-4H3,(H,16,20). The molecule has 0 bridgehead atoms. The second-order valence-electron chi connectivity index (χ2n) is 7.26. The number of carbonyl (C=O) groups is 1. The van der Waals surface area contributed by atoms with Crippen LogP contribution in [-0.4, -0.2) is 47.4 Å². The molecule has 0 spiro atoms. The van der Waals surface area contributed by atoms with E-state index in [0.717, 1.165) is 25.7 Å². The quantitative estimate of drug-likeness (QED) is 0.467. The number of aliphatic hydroxyl groups is 2. The molecular weight excluding hydrogens is 288 g/mol. The number of hydrogen-bond acceptors (Lipinski definition) is 4. The van der Waals surface area contributed by atoms with Gasteiger partial charge in [0.1, 0.15) is 0 Å². The van der Waals surface area contributed by atoms with Crippen LogP contribution in [0.3, 0.4) is 0 Å². The predicted octanol–water partition coefficient (Wildman–Crippen LogP) is 2.44. The van der Waals surface area contributed by atoms with Crippen LogP contribution in [0.2, 0.25) is 0 Å². The van der Waals surface area contributed by atoms with Crippen molar-refractivity contribution in [2.24, 2.45) is 10.8 Å². The van der Waals surface area contributed by atoms with Crippen LogP contribution in [0.4, 0.5) is 4.79 Å². The molecule has 5 nitrogen and oxygen atoms in total. The molecule has 0 aromatic carbocycles. The van der Waals surface area contributed by atoms with E-state index in [9.17, 15) is 15.0 Å². The number of rotatable bonds is 10. The molecule has 0 saturated heterocycles. The maximum Gasteiger partial charge on any atom is 0.327 e. The van der Waals surface area contributed by atoms with Gasteiger partial charge in [0.15, 0.2) is 0 Å². The molecule has 21 heavy (non-hydrogen) atoms. The predicted molar refractivity (Wildman–Crippen MR) is 89.3 cm³/mol. The Morgan fingerprint density at radius 2 is 1.38 bits per heavy atom. The number of nitrogens with one attached hydrogen (secondary N) is 1. The lowest BCUT2D eigenvalue weighted by Crippen LogP contribution is -2.38. The fraction of sp³-hybridized carbons (Fsp3) is 0.933. The van der Waals surface area contributed by atoms with Crippen molar-refractivity contribution >= 4 is 18.8 Å². The summed E-state index contributed by atoms with van der Waals surface area (Å²) in [6, 6.07) is -0.193. The molecule has 0 heterocycles. The van der Waals surface area contributed by atoms with Crippen molar-refractivity contribution in [3.05, 3.63) is 0 Å². The highest BCUT2D eigenvalue weighted by molar-refractivity contribution is 7.78. The first-order chi connectivity index (χ1) is 9.67. The molecule has 0 aliphatic heterocycles. The maximum absolute atomic E-state index is 11.8. The van der Waals surface area contributed by atoms with E-state index in [-0.39, 0.29) is 30.1 Å². The van der Waals surface area contributed by atoms with Crippen LogP contribution in [-0.2, 0) is 0 Å². The lowest BCUT2D eigenvalue weighted by molar-refractivity contribution is 0.135. The number of amides is 2. The minimum absolute atomic E-state index is 0.109. The van der Waals surface area contributed by atoms with Gasteiger partial charge in [-0.1, -0.05) is 40.5 Å². The minimum atomic E-state index is -0.193. The Kier molecular flexibility index (Phi) is 9.33. The summed E-state index contributed by atoms with van der Waals surface area (Å²) in [5.74, 6) is 0. The van der Waals surface area contributed by atoms with Gasteiger partial charge in [0.05, 0.1) is 0 Å². The lowest BCUT2D eigenvalue weighted by atomic mass is 9.88. The average Bonchev–Trinajstić information content (AvgIpc) is 2.44. The Balaban J connectivity index is 4.25. The van der Waals surface area contributed by atoms with Gasteiger partial charge in [0, 0.05) is 26.3 Å². The number of thiol groups is 1. The Bertz CT molecular complexity index is 287. The van der Waals surface area contributed by atoms with Gasteiger partial charge < -0.3 is 15.1 Å². The zero-order chi connectivity index (χ0) is 16.5. The Labute approximate surface area is 134 Å². The van der Waals surface area contributed by atoms with Gasteiger partial charge in [-0.2, -0.15) is 0 Å². The summed E-state index contributed by atoms with van der Waals surface area (Å²) in [5.41, 5.74) is -0.218. The third-order valence-corrected chi connectivity index (χ3v) is 3.99. The molecule has 0 unspecified atom stereocenters. The van der Waals surface area contributed by atoms with Crippen molar-refractivity contribution in [2.75, 3.05) is 26.3 Å². The summed E-state index contributed by atoms with van der Waals surface area (Å²) in [4.78, 5) is 13.5. The number of carbonyl (C=O) groups excluding carboxylic acids is 1. The van der Waals surface area contributed by atoms with Crippen molar-refractivity contribution in [1.29, 1.82) is 0 Å². The fourth-order valence-electron chi connectivity index (χ4n) is 2.04. The second-order valence-corrected chi connectivity index (χ2v) is 7.48. The van der Waals surface area contributed by atoms with E-state index >= 15 is 0 Å². The molecule has 126 valence electrons. The van der Waals surface area contributed by atoms with Gasteiger partial charge in [-0.15, -0.1) is 0 Å². The van der Waals surface area contributed by atoms with E-state index in [2.05, 4.69) is 17.5 Å². The molecule has 0 aliphatic carbocycles. The molecule has 0 aromatic rings. The molecule has 0 atom stereocenters. The van der Waals surface area contributed by atoms with Crippen LogP contribution >= 0.6 is 12.8 Å². The van der Waals surface area contributed by atoms with Gasteiger partial charge in [-0.05, 0) is 36.5 Å². The summed E-state index contributed by atoms with van der Waals surface area (Å²) in [5, 5.41) is 18.5. The summed E-state index contributed by atoms with van der Waals surface area (Å²) in [6.07, 6.45) is 3.42. The fourth-order valence-corrected chi connectivity index (χ4v) is 2.18.